The second-order valence-corrected chi connectivity index (χ2v) is 8.54. The molecule has 33 heavy (non-hydrogen) atoms. The number of ether oxygens (including phenoxy) is 1. The van der Waals surface area contributed by atoms with Crippen LogP contribution in [0.15, 0.2) is 48.9 Å². The molecule has 1 aliphatic rings. The molecule has 174 valence electrons. The third-order valence-corrected chi connectivity index (χ3v) is 5.58. The van der Waals surface area contributed by atoms with E-state index in [1.54, 1.807) is 18.5 Å². The van der Waals surface area contributed by atoms with E-state index in [0.717, 1.165) is 46.5 Å². The van der Waals surface area contributed by atoms with Gasteiger partial charge in [0.1, 0.15) is 12.0 Å². The van der Waals surface area contributed by atoms with Crippen molar-refractivity contribution in [1.29, 1.82) is 0 Å². The van der Waals surface area contributed by atoms with Crippen LogP contribution in [-0.4, -0.2) is 46.1 Å². The monoisotopic (exact) mass is 458 g/mol. The van der Waals surface area contributed by atoms with E-state index >= 15 is 0 Å². The maximum Gasteiger partial charge on any atom is 0.573 e. The molecule has 1 aliphatic heterocycles. The van der Waals surface area contributed by atoms with E-state index < -0.39 is 12.4 Å². The Kier molecular flexibility index (Phi) is 6.27. The fraction of sp³-hybridized carbons (Fsp3) is 0.333. The molecule has 2 heterocycles. The van der Waals surface area contributed by atoms with E-state index in [9.17, 15) is 18.0 Å². The highest BCUT2D eigenvalue weighted by Crippen LogP contribution is 2.38. The topological polar surface area (TPSA) is 50.6 Å². The van der Waals surface area contributed by atoms with E-state index in [2.05, 4.69) is 15.8 Å². The number of nitrogens with zero attached hydrogens (tertiary/aromatic N) is 4. The first-order valence-electron chi connectivity index (χ1n) is 10.5. The molecule has 0 bridgehead atoms. The predicted octanol–water partition coefficient (Wildman–Crippen LogP) is 4.53. The van der Waals surface area contributed by atoms with Crippen molar-refractivity contribution in [2.24, 2.45) is 0 Å². The van der Waals surface area contributed by atoms with Gasteiger partial charge in [0.2, 0.25) is 0 Å². The van der Waals surface area contributed by atoms with Gasteiger partial charge in [0.15, 0.2) is 0 Å². The molecule has 0 fully saturated rings. The van der Waals surface area contributed by atoms with Crippen molar-refractivity contribution in [3.05, 3.63) is 71.2 Å². The number of alkyl halides is 3. The number of carbonyl (C=O) groups is 1. The van der Waals surface area contributed by atoms with Gasteiger partial charge in [-0.2, -0.15) is 0 Å². The van der Waals surface area contributed by atoms with E-state index in [1.807, 2.05) is 47.6 Å². The van der Waals surface area contributed by atoms with Gasteiger partial charge in [0.25, 0.3) is 0 Å². The zero-order chi connectivity index (χ0) is 23.8. The molecule has 6 nitrogen and oxygen atoms in total. The smallest absolute Gasteiger partial charge is 0.406 e. The molecule has 2 aromatic carbocycles. The summed E-state index contributed by atoms with van der Waals surface area (Å²) in [6.07, 6.45) is -0.00997. The molecule has 0 spiro atoms. The molecule has 1 aromatic heterocycles. The van der Waals surface area contributed by atoms with Gasteiger partial charge in [-0.15, -0.1) is 13.2 Å². The number of aromatic nitrogens is 2. The maximum atomic E-state index is 12.4. The summed E-state index contributed by atoms with van der Waals surface area (Å²) in [4.78, 5) is 20.6. The number of imidazole rings is 1. The summed E-state index contributed by atoms with van der Waals surface area (Å²) in [6.45, 7) is 3.70. The Hall–Kier alpha value is -3.17. The largest absolute Gasteiger partial charge is 0.573 e. The molecule has 0 N–H and O–H groups in total. The Morgan fingerprint density at radius 2 is 1.94 bits per heavy atom. The van der Waals surface area contributed by atoms with Crippen LogP contribution in [0.2, 0.25) is 0 Å². The van der Waals surface area contributed by atoms with Gasteiger partial charge >= 0.3 is 6.36 Å². The molecular weight excluding hydrogens is 433 g/mol. The van der Waals surface area contributed by atoms with E-state index in [0.29, 0.717) is 13.1 Å². The molecular formula is C24H25F3N4O2. The Morgan fingerprint density at radius 3 is 2.58 bits per heavy atom. The molecule has 3 aromatic rings. The molecule has 0 saturated carbocycles. The summed E-state index contributed by atoms with van der Waals surface area (Å²) < 4.78 is 43.1. The average molecular weight is 458 g/mol. The van der Waals surface area contributed by atoms with Crippen molar-refractivity contribution in [3.63, 3.8) is 0 Å². The molecule has 4 rings (SSSR count). The number of benzene rings is 2. The number of hydrogen-bond donors (Lipinski definition) is 0. The number of carbonyl (C=O) groups excluding carboxylic acids is 1. The normalized spacial score (nSPS) is 16.3. The predicted molar refractivity (Wildman–Crippen MR) is 117 cm³/mol. The molecule has 1 atom stereocenters. The van der Waals surface area contributed by atoms with Gasteiger partial charge in [-0.05, 0) is 67.5 Å². The number of rotatable bonds is 7. The lowest BCUT2D eigenvalue weighted by Crippen LogP contribution is -2.23. The van der Waals surface area contributed by atoms with E-state index in [1.165, 1.54) is 12.1 Å². The van der Waals surface area contributed by atoms with Crippen molar-refractivity contribution in [2.45, 2.75) is 39.1 Å². The molecule has 0 amide bonds. The highest BCUT2D eigenvalue weighted by molar-refractivity contribution is 5.70. The van der Waals surface area contributed by atoms with Crippen molar-refractivity contribution >= 4 is 6.29 Å². The first-order chi connectivity index (χ1) is 15.6. The van der Waals surface area contributed by atoms with Crippen LogP contribution in [0.5, 0.6) is 5.75 Å². The molecule has 0 radical (unpaired) electrons. The summed E-state index contributed by atoms with van der Waals surface area (Å²) in [7, 11) is 3.98. The molecule has 9 heteroatoms. The fourth-order valence-electron chi connectivity index (χ4n) is 4.33. The van der Waals surface area contributed by atoms with Crippen molar-refractivity contribution in [1.82, 2.24) is 19.4 Å². The first-order valence-corrected chi connectivity index (χ1v) is 10.5. The summed E-state index contributed by atoms with van der Waals surface area (Å²) >= 11 is 0. The van der Waals surface area contributed by atoms with Crippen LogP contribution in [0.25, 0.3) is 11.3 Å². The lowest BCUT2D eigenvalue weighted by Gasteiger charge is -2.21. The Bertz CT molecular complexity index is 1140. The Balaban J connectivity index is 1.54. The van der Waals surface area contributed by atoms with Crippen LogP contribution < -0.4 is 4.74 Å². The third-order valence-electron chi connectivity index (χ3n) is 5.58. The Labute approximate surface area is 190 Å². The zero-order valence-electron chi connectivity index (χ0n) is 18.6. The Morgan fingerprint density at radius 1 is 1.21 bits per heavy atom. The highest BCUT2D eigenvalue weighted by atomic mass is 19.4. The minimum Gasteiger partial charge on any atom is -0.406 e. The highest BCUT2D eigenvalue weighted by Gasteiger charge is 2.33. The summed E-state index contributed by atoms with van der Waals surface area (Å²) in [5.74, 6) is -0.267. The third kappa shape index (κ3) is 5.26. The van der Waals surface area contributed by atoms with Crippen LogP contribution in [0, 0.1) is 6.92 Å². The average Bonchev–Trinajstić information content (AvgIpc) is 3.32. The van der Waals surface area contributed by atoms with Crippen LogP contribution >= 0.6 is 0 Å². The number of aryl methyl sites for hydroxylation is 1. The number of halogens is 3. The quantitative estimate of drug-likeness (QED) is 0.487. The number of fused-ring (bicyclic) bond motifs is 1. The minimum atomic E-state index is -4.72. The fourth-order valence-corrected chi connectivity index (χ4v) is 4.33. The number of hydrogen-bond acceptors (Lipinski definition) is 5. The van der Waals surface area contributed by atoms with Crippen LogP contribution in [-0.2, 0) is 24.6 Å². The van der Waals surface area contributed by atoms with Crippen LogP contribution in [0.4, 0.5) is 13.2 Å². The zero-order valence-corrected chi connectivity index (χ0v) is 18.6. The molecule has 1 unspecified atom stereocenters. The standard InChI is InChI=1S/C24H25F3N4O2/c1-16-8-18(21-12-30(14-28-21)15-29(2)3)9-19-11-31(22(13-32)23(16)19)10-17-4-6-20(7-5-17)33-24(25,26)27/h4-9,12-14,22H,10-11,15H2,1-3H3. The summed E-state index contributed by atoms with van der Waals surface area (Å²) in [5.41, 5.74) is 5.70. The lowest BCUT2D eigenvalue weighted by atomic mass is 9.96. The van der Waals surface area contributed by atoms with E-state index in [4.69, 9.17) is 0 Å². The molecule has 0 saturated heterocycles. The van der Waals surface area contributed by atoms with Gasteiger partial charge in [0.05, 0.1) is 24.7 Å². The SMILES string of the molecule is Cc1cc(-c2cn(CN(C)C)cn2)cc2c1C(C=O)N(Cc1ccc(OC(F)(F)F)cc1)C2. The van der Waals surface area contributed by atoms with E-state index in [-0.39, 0.29) is 5.75 Å². The van der Waals surface area contributed by atoms with Crippen LogP contribution in [0.3, 0.4) is 0 Å². The summed E-state index contributed by atoms with van der Waals surface area (Å²) in [6, 6.07) is 9.45. The van der Waals surface area contributed by atoms with Gasteiger partial charge in [-0.25, -0.2) is 4.98 Å². The summed E-state index contributed by atoms with van der Waals surface area (Å²) in [5, 5.41) is 0. The lowest BCUT2D eigenvalue weighted by molar-refractivity contribution is -0.274. The minimum absolute atomic E-state index is 0.267. The van der Waals surface area contributed by atoms with Crippen molar-refractivity contribution in [2.75, 3.05) is 14.1 Å². The van der Waals surface area contributed by atoms with Crippen molar-refractivity contribution < 1.29 is 22.7 Å². The van der Waals surface area contributed by atoms with Gasteiger partial charge < -0.3 is 14.1 Å². The first kappa shape index (κ1) is 23.0. The molecule has 0 aliphatic carbocycles. The van der Waals surface area contributed by atoms with Gasteiger partial charge in [0, 0.05) is 24.8 Å². The maximum absolute atomic E-state index is 12.4. The van der Waals surface area contributed by atoms with Gasteiger partial charge in [-0.3, -0.25) is 9.80 Å². The van der Waals surface area contributed by atoms with Crippen molar-refractivity contribution in [3.8, 4) is 17.0 Å². The van der Waals surface area contributed by atoms with Crippen LogP contribution in [0.1, 0.15) is 28.3 Å². The number of aldehydes is 1. The second kappa shape index (κ2) is 8.99. The van der Waals surface area contributed by atoms with Gasteiger partial charge in [-0.1, -0.05) is 12.1 Å². The second-order valence-electron chi connectivity index (χ2n) is 8.54.